The maximum Gasteiger partial charge on any atom is 0.318 e. The van der Waals surface area contributed by atoms with Crippen LogP contribution in [0.3, 0.4) is 0 Å². The minimum Gasteiger partial charge on any atom is -0.496 e. The number of fused-ring (bicyclic) bond motifs is 3. The Labute approximate surface area is 187 Å². The van der Waals surface area contributed by atoms with Gasteiger partial charge in [-0.25, -0.2) is 4.79 Å². The number of para-hydroxylation sites is 1. The van der Waals surface area contributed by atoms with Gasteiger partial charge in [-0.05, 0) is 54.9 Å². The van der Waals surface area contributed by atoms with Crippen molar-refractivity contribution in [3.63, 3.8) is 0 Å². The van der Waals surface area contributed by atoms with E-state index in [4.69, 9.17) is 4.74 Å². The molecule has 0 spiro atoms. The highest BCUT2D eigenvalue weighted by atomic mass is 32.1. The molecule has 1 aliphatic carbocycles. The smallest absolute Gasteiger partial charge is 0.318 e. The molecule has 2 aliphatic rings. The number of carbonyl (C=O) groups excluding carboxylic acids is 1. The lowest BCUT2D eigenvalue weighted by molar-refractivity contribution is 0.179. The lowest BCUT2D eigenvalue weighted by atomic mass is 9.88. The lowest BCUT2D eigenvalue weighted by Gasteiger charge is -2.37. The molecule has 0 fully saturated rings. The molecule has 0 unspecified atom stereocenters. The Morgan fingerprint density at radius 3 is 2.65 bits per heavy atom. The van der Waals surface area contributed by atoms with E-state index >= 15 is 0 Å². The number of amides is 2. The van der Waals surface area contributed by atoms with E-state index in [9.17, 15) is 4.79 Å². The second-order valence-electron chi connectivity index (χ2n) is 8.29. The van der Waals surface area contributed by atoms with E-state index < -0.39 is 0 Å². The van der Waals surface area contributed by atoms with Crippen LogP contribution >= 0.6 is 11.3 Å². The van der Waals surface area contributed by atoms with Crippen molar-refractivity contribution in [1.82, 2.24) is 10.2 Å². The molecule has 2 heterocycles. The molecule has 5 heteroatoms. The summed E-state index contributed by atoms with van der Waals surface area (Å²) < 4.78 is 5.72. The number of nitrogens with zero attached hydrogens (tertiary/aromatic N) is 1. The van der Waals surface area contributed by atoms with Crippen molar-refractivity contribution < 1.29 is 9.53 Å². The summed E-state index contributed by atoms with van der Waals surface area (Å²) in [7, 11) is 1.71. The first-order chi connectivity index (χ1) is 15.3. The summed E-state index contributed by atoms with van der Waals surface area (Å²) in [5, 5.41) is 3.15. The van der Waals surface area contributed by atoms with Gasteiger partial charge in [-0.3, -0.25) is 0 Å². The number of urea groups is 1. The first kappa shape index (κ1) is 20.1. The van der Waals surface area contributed by atoms with Gasteiger partial charge in [0.1, 0.15) is 5.75 Å². The fourth-order valence-corrected chi connectivity index (χ4v) is 6.52. The van der Waals surface area contributed by atoms with Gasteiger partial charge >= 0.3 is 6.03 Å². The summed E-state index contributed by atoms with van der Waals surface area (Å²) in [5.41, 5.74) is 5.23. The lowest BCUT2D eigenvalue weighted by Crippen LogP contribution is -2.45. The second kappa shape index (κ2) is 8.75. The van der Waals surface area contributed by atoms with E-state index in [1.807, 2.05) is 64.8 Å². The van der Waals surface area contributed by atoms with E-state index in [2.05, 4.69) is 11.4 Å². The summed E-state index contributed by atoms with van der Waals surface area (Å²) in [6.07, 6.45) is 5.83. The predicted octanol–water partition coefficient (Wildman–Crippen LogP) is 5.49. The molecule has 0 saturated heterocycles. The van der Waals surface area contributed by atoms with Gasteiger partial charge in [0.15, 0.2) is 0 Å². The standard InChI is InChI=1S/C26H28N2O2S/c1-30-22-13-7-5-12-21(22)24-25-20(19-11-6-8-14-23(19)31-25)15-16-28(24)26(29)27-17-18-9-3-2-4-10-18/h2-5,7,9-10,12-13,24H,6,8,11,14-17H2,1H3,(H,27,29)/t24-/m0/s1. The number of carbonyl (C=O) groups is 1. The maximum absolute atomic E-state index is 13.4. The zero-order valence-electron chi connectivity index (χ0n) is 17.9. The second-order valence-corrected chi connectivity index (χ2v) is 9.42. The highest BCUT2D eigenvalue weighted by Crippen LogP contribution is 2.46. The summed E-state index contributed by atoms with van der Waals surface area (Å²) in [5.74, 6) is 0.840. The van der Waals surface area contributed by atoms with Crippen LogP contribution in [0.2, 0.25) is 0 Å². The van der Waals surface area contributed by atoms with Crippen molar-refractivity contribution in [3.05, 3.63) is 86.6 Å². The van der Waals surface area contributed by atoms with Gasteiger partial charge in [0.25, 0.3) is 0 Å². The van der Waals surface area contributed by atoms with Gasteiger partial charge in [-0.15, -0.1) is 11.3 Å². The highest BCUT2D eigenvalue weighted by molar-refractivity contribution is 7.12. The number of rotatable bonds is 4. The normalized spacial score (nSPS) is 17.6. The summed E-state index contributed by atoms with van der Waals surface area (Å²) in [6, 6.07) is 18.1. The number of hydrogen-bond donors (Lipinski definition) is 1. The SMILES string of the molecule is COc1ccccc1[C@H]1c2sc3c(c2CCN1C(=O)NCc1ccccc1)CCCC3. The molecule has 0 saturated carbocycles. The Hall–Kier alpha value is -2.79. The number of hydrogen-bond acceptors (Lipinski definition) is 3. The first-order valence-corrected chi connectivity index (χ1v) is 11.9. The van der Waals surface area contributed by atoms with Crippen LogP contribution in [0.4, 0.5) is 4.79 Å². The number of methoxy groups -OCH3 is 1. The van der Waals surface area contributed by atoms with Gasteiger partial charge in [0.2, 0.25) is 0 Å². The summed E-state index contributed by atoms with van der Waals surface area (Å²) in [4.78, 5) is 18.3. The Kier molecular flexibility index (Phi) is 5.68. The third-order valence-electron chi connectivity index (χ3n) is 6.46. The molecular weight excluding hydrogens is 404 g/mol. The molecule has 1 N–H and O–H groups in total. The van der Waals surface area contributed by atoms with Crippen molar-refractivity contribution in [1.29, 1.82) is 0 Å². The number of ether oxygens (including phenoxy) is 1. The Balaban J connectivity index is 1.51. The van der Waals surface area contributed by atoms with Crippen LogP contribution in [0.25, 0.3) is 0 Å². The molecule has 0 bridgehead atoms. The molecule has 3 aromatic rings. The minimum absolute atomic E-state index is 0.0169. The van der Waals surface area contributed by atoms with E-state index in [0.717, 1.165) is 29.8 Å². The monoisotopic (exact) mass is 432 g/mol. The average molecular weight is 433 g/mol. The average Bonchev–Trinajstić information content (AvgIpc) is 3.21. The fraction of sp³-hybridized carbons (Fsp3) is 0.346. The molecule has 160 valence electrons. The largest absolute Gasteiger partial charge is 0.496 e. The van der Waals surface area contributed by atoms with Crippen LogP contribution in [-0.4, -0.2) is 24.6 Å². The van der Waals surface area contributed by atoms with Crippen LogP contribution in [0.15, 0.2) is 54.6 Å². The Morgan fingerprint density at radius 2 is 1.81 bits per heavy atom. The number of nitrogens with one attached hydrogen (secondary N) is 1. The van der Waals surface area contributed by atoms with Gasteiger partial charge in [0.05, 0.1) is 13.2 Å². The van der Waals surface area contributed by atoms with Crippen LogP contribution in [0.5, 0.6) is 5.75 Å². The molecule has 1 atom stereocenters. The van der Waals surface area contributed by atoms with Crippen LogP contribution in [0, 0.1) is 0 Å². The molecule has 2 amide bonds. The first-order valence-electron chi connectivity index (χ1n) is 11.1. The molecule has 1 aliphatic heterocycles. The van der Waals surface area contributed by atoms with Crippen LogP contribution in [0.1, 0.15) is 50.9 Å². The van der Waals surface area contributed by atoms with Gasteiger partial charge in [-0.2, -0.15) is 0 Å². The van der Waals surface area contributed by atoms with Crippen molar-refractivity contribution in [2.75, 3.05) is 13.7 Å². The molecular formula is C26H28N2O2S. The molecule has 4 nitrogen and oxygen atoms in total. The van der Waals surface area contributed by atoms with Crippen LogP contribution < -0.4 is 10.1 Å². The molecule has 0 radical (unpaired) electrons. The van der Waals surface area contributed by atoms with Crippen molar-refractivity contribution >= 4 is 17.4 Å². The fourth-order valence-electron chi connectivity index (χ4n) is 4.95. The van der Waals surface area contributed by atoms with Gasteiger partial charge in [0, 0.05) is 28.4 Å². The van der Waals surface area contributed by atoms with Crippen molar-refractivity contribution in [2.45, 2.75) is 44.7 Å². The third-order valence-corrected chi connectivity index (χ3v) is 7.84. The van der Waals surface area contributed by atoms with Crippen molar-refractivity contribution in [2.24, 2.45) is 0 Å². The number of benzene rings is 2. The topological polar surface area (TPSA) is 41.6 Å². The summed E-state index contributed by atoms with van der Waals surface area (Å²) in [6.45, 7) is 1.25. The Morgan fingerprint density at radius 1 is 1.03 bits per heavy atom. The molecule has 31 heavy (non-hydrogen) atoms. The zero-order chi connectivity index (χ0) is 21.2. The maximum atomic E-state index is 13.4. The predicted molar refractivity (Wildman–Crippen MR) is 125 cm³/mol. The zero-order valence-corrected chi connectivity index (χ0v) is 18.7. The van der Waals surface area contributed by atoms with E-state index in [-0.39, 0.29) is 12.1 Å². The summed E-state index contributed by atoms with van der Waals surface area (Å²) >= 11 is 1.92. The highest BCUT2D eigenvalue weighted by Gasteiger charge is 2.37. The van der Waals surface area contributed by atoms with E-state index in [1.165, 1.54) is 41.0 Å². The van der Waals surface area contributed by atoms with Crippen LogP contribution in [-0.2, 0) is 25.8 Å². The Bertz CT molecular complexity index is 1080. The molecule has 2 aromatic carbocycles. The van der Waals surface area contributed by atoms with Crippen molar-refractivity contribution in [3.8, 4) is 5.75 Å². The van der Waals surface area contributed by atoms with E-state index in [0.29, 0.717) is 6.54 Å². The minimum atomic E-state index is -0.105. The van der Waals surface area contributed by atoms with Gasteiger partial charge < -0.3 is 15.0 Å². The molecule has 5 rings (SSSR count). The van der Waals surface area contributed by atoms with Gasteiger partial charge in [-0.1, -0.05) is 48.5 Å². The molecule has 1 aromatic heterocycles. The van der Waals surface area contributed by atoms with E-state index in [1.54, 1.807) is 12.7 Å². The number of thiophene rings is 1. The third kappa shape index (κ3) is 3.83. The quantitative estimate of drug-likeness (QED) is 0.592. The number of aryl methyl sites for hydroxylation is 1.